The summed E-state index contributed by atoms with van der Waals surface area (Å²) in [5, 5.41) is 4.42. The Morgan fingerprint density at radius 3 is 2.81 bits per heavy atom. The molecular weight excluding hydrogens is 392 g/mol. The number of fused-ring (bicyclic) bond motifs is 2. The summed E-state index contributed by atoms with van der Waals surface area (Å²) in [6.45, 7) is 3.92. The molecule has 3 aromatic heterocycles. The van der Waals surface area contributed by atoms with Gasteiger partial charge in [0.25, 0.3) is 0 Å². The lowest BCUT2D eigenvalue weighted by Crippen LogP contribution is -2.44. The van der Waals surface area contributed by atoms with Gasteiger partial charge in [-0.1, -0.05) is 6.07 Å². The van der Waals surface area contributed by atoms with E-state index in [1.54, 1.807) is 0 Å². The van der Waals surface area contributed by atoms with Crippen LogP contribution in [-0.2, 0) is 6.42 Å². The number of nitrogens with two attached hydrogens (primary N) is 1. The van der Waals surface area contributed by atoms with Crippen LogP contribution in [0.2, 0.25) is 0 Å². The molecule has 4 heterocycles. The van der Waals surface area contributed by atoms with Crippen LogP contribution in [0.5, 0.6) is 0 Å². The van der Waals surface area contributed by atoms with E-state index < -0.39 is 0 Å². The summed E-state index contributed by atoms with van der Waals surface area (Å²) in [6.07, 6.45) is 6.81. The lowest BCUT2D eigenvalue weighted by atomic mass is 9.73. The number of pyridine rings is 1. The Morgan fingerprint density at radius 1 is 1.23 bits per heavy atom. The van der Waals surface area contributed by atoms with Gasteiger partial charge in [0, 0.05) is 31.0 Å². The molecule has 6 nitrogen and oxygen atoms in total. The monoisotopic (exact) mass is 412 g/mol. The van der Waals surface area contributed by atoms with Crippen LogP contribution in [0.25, 0.3) is 5.52 Å². The molecule has 0 radical (unpaired) electrons. The lowest BCUT2D eigenvalue weighted by molar-refractivity contribution is 0.186. The molecule has 7 heteroatoms. The van der Waals surface area contributed by atoms with Gasteiger partial charge in [-0.3, -0.25) is 4.98 Å². The van der Waals surface area contributed by atoms with Gasteiger partial charge in [0.1, 0.15) is 10.1 Å². The molecule has 3 aromatic rings. The Bertz CT molecular complexity index is 989. The first kappa shape index (κ1) is 16.2. The van der Waals surface area contributed by atoms with Crippen molar-refractivity contribution in [2.45, 2.75) is 32.2 Å². The normalized spacial score (nSPS) is 21.5. The zero-order chi connectivity index (χ0) is 17.9. The van der Waals surface area contributed by atoms with Crippen molar-refractivity contribution in [2.24, 2.45) is 11.1 Å². The third-order valence-corrected chi connectivity index (χ3v) is 7.04. The van der Waals surface area contributed by atoms with Crippen molar-refractivity contribution < 1.29 is 0 Å². The van der Waals surface area contributed by atoms with Crippen LogP contribution in [0, 0.1) is 12.3 Å². The van der Waals surface area contributed by atoms with Crippen LogP contribution in [0.1, 0.15) is 35.8 Å². The number of hydrogen-bond acceptors (Lipinski definition) is 5. The molecule has 0 aromatic carbocycles. The maximum atomic E-state index is 6.66. The Kier molecular flexibility index (Phi) is 3.59. The second-order valence-electron chi connectivity index (χ2n) is 7.48. The molecule has 0 unspecified atom stereocenters. The fraction of sp³-hybridized carbons (Fsp3) is 0.421. The Morgan fingerprint density at radius 2 is 2.04 bits per heavy atom. The molecule has 1 atom stereocenters. The highest BCUT2D eigenvalue weighted by Crippen LogP contribution is 2.50. The highest BCUT2D eigenvalue weighted by atomic mass is 79.9. The molecular formula is C19H21BrN6. The lowest BCUT2D eigenvalue weighted by Gasteiger charge is -2.42. The van der Waals surface area contributed by atoms with Gasteiger partial charge in [-0.05, 0) is 65.2 Å². The van der Waals surface area contributed by atoms with Crippen LogP contribution in [0.3, 0.4) is 0 Å². The van der Waals surface area contributed by atoms with Gasteiger partial charge in [-0.15, -0.1) is 0 Å². The minimum atomic E-state index is 0.0861. The number of aryl methyl sites for hydroxylation is 1. The van der Waals surface area contributed by atoms with Gasteiger partial charge in [-0.25, -0.2) is 9.50 Å². The maximum Gasteiger partial charge on any atom is 0.155 e. The van der Waals surface area contributed by atoms with Crippen molar-refractivity contribution >= 4 is 27.3 Å². The third kappa shape index (κ3) is 2.23. The molecule has 26 heavy (non-hydrogen) atoms. The summed E-state index contributed by atoms with van der Waals surface area (Å²) in [7, 11) is 0. The number of anilines is 1. The van der Waals surface area contributed by atoms with Crippen molar-refractivity contribution in [3.05, 3.63) is 52.1 Å². The summed E-state index contributed by atoms with van der Waals surface area (Å²) in [4.78, 5) is 11.8. The van der Waals surface area contributed by atoms with Crippen LogP contribution in [0.4, 0.5) is 5.82 Å². The first-order chi connectivity index (χ1) is 12.6. The number of rotatable bonds is 1. The molecule has 2 aliphatic rings. The molecule has 1 spiro atoms. The molecule has 1 fully saturated rings. The summed E-state index contributed by atoms with van der Waals surface area (Å²) in [6, 6.07) is 6.25. The quantitative estimate of drug-likeness (QED) is 0.664. The summed E-state index contributed by atoms with van der Waals surface area (Å²) in [5.41, 5.74) is 11.2. The highest BCUT2D eigenvalue weighted by molar-refractivity contribution is 9.10. The molecule has 5 rings (SSSR count). The summed E-state index contributed by atoms with van der Waals surface area (Å²) < 4.78 is 2.83. The fourth-order valence-electron chi connectivity index (χ4n) is 4.58. The zero-order valence-electron chi connectivity index (χ0n) is 14.7. The number of aromatic nitrogens is 4. The summed E-state index contributed by atoms with van der Waals surface area (Å²) in [5.74, 6) is 1.01. The maximum absolute atomic E-state index is 6.66. The van der Waals surface area contributed by atoms with Crippen LogP contribution in [-0.4, -0.2) is 32.7 Å². The van der Waals surface area contributed by atoms with E-state index in [2.05, 4.69) is 37.0 Å². The van der Waals surface area contributed by atoms with Crippen LogP contribution in [0.15, 0.2) is 35.2 Å². The topological polar surface area (TPSA) is 72.3 Å². The largest absolute Gasteiger partial charge is 0.355 e. The van der Waals surface area contributed by atoms with E-state index in [9.17, 15) is 0 Å². The predicted molar refractivity (Wildman–Crippen MR) is 104 cm³/mol. The van der Waals surface area contributed by atoms with E-state index in [-0.39, 0.29) is 11.5 Å². The van der Waals surface area contributed by atoms with Crippen molar-refractivity contribution in [1.82, 2.24) is 19.6 Å². The average molecular weight is 413 g/mol. The fourth-order valence-corrected chi connectivity index (χ4v) is 4.95. The smallest absolute Gasteiger partial charge is 0.155 e. The van der Waals surface area contributed by atoms with E-state index in [0.29, 0.717) is 0 Å². The van der Waals surface area contributed by atoms with Gasteiger partial charge >= 0.3 is 0 Å². The minimum Gasteiger partial charge on any atom is -0.355 e. The molecule has 1 aliphatic heterocycles. The van der Waals surface area contributed by atoms with Crippen LogP contribution >= 0.6 is 15.9 Å². The third-order valence-electron chi connectivity index (χ3n) is 6.13. The Hall–Kier alpha value is -1.99. The number of halogens is 1. The molecule has 1 saturated heterocycles. The van der Waals surface area contributed by atoms with Gasteiger partial charge in [0.15, 0.2) is 5.82 Å². The molecule has 134 valence electrons. The molecule has 1 aliphatic carbocycles. The van der Waals surface area contributed by atoms with E-state index in [4.69, 9.17) is 10.7 Å². The first-order valence-electron chi connectivity index (χ1n) is 9.03. The molecule has 0 bridgehead atoms. The molecule has 0 saturated carbocycles. The van der Waals surface area contributed by atoms with Crippen molar-refractivity contribution in [3.8, 4) is 0 Å². The van der Waals surface area contributed by atoms with Gasteiger partial charge < -0.3 is 10.6 Å². The second kappa shape index (κ2) is 5.76. The van der Waals surface area contributed by atoms with Crippen LogP contribution < -0.4 is 10.6 Å². The Balaban J connectivity index is 1.44. The average Bonchev–Trinajstić information content (AvgIpc) is 3.24. The van der Waals surface area contributed by atoms with Gasteiger partial charge in [0.05, 0.1) is 11.9 Å². The van der Waals surface area contributed by atoms with Crippen molar-refractivity contribution in [1.29, 1.82) is 0 Å². The zero-order valence-corrected chi connectivity index (χ0v) is 16.3. The van der Waals surface area contributed by atoms with E-state index in [0.717, 1.165) is 54.0 Å². The van der Waals surface area contributed by atoms with E-state index in [1.807, 2.05) is 36.0 Å². The van der Waals surface area contributed by atoms with E-state index >= 15 is 0 Å². The predicted octanol–water partition coefficient (Wildman–Crippen LogP) is 3.04. The second-order valence-corrected chi connectivity index (χ2v) is 8.23. The summed E-state index contributed by atoms with van der Waals surface area (Å²) >= 11 is 3.59. The molecule has 0 amide bonds. The standard InChI is InChI=1S/C19H21BrN6/c1-12-17(20)26-15(4-8-23-26)18(24-12)25-9-5-19(6-10-25)11-14-13(16(19)21)3-2-7-22-14/h2-4,7-8,16H,5-6,9-11,21H2,1H3/t16-/m1/s1. The molecule has 2 N–H and O–H groups in total. The van der Waals surface area contributed by atoms with Gasteiger partial charge in [-0.2, -0.15) is 5.10 Å². The first-order valence-corrected chi connectivity index (χ1v) is 9.82. The minimum absolute atomic E-state index is 0.0861. The van der Waals surface area contributed by atoms with Gasteiger partial charge in [0.2, 0.25) is 0 Å². The van der Waals surface area contributed by atoms with Crippen molar-refractivity contribution in [3.63, 3.8) is 0 Å². The Labute approximate surface area is 160 Å². The van der Waals surface area contributed by atoms with Crippen molar-refractivity contribution in [2.75, 3.05) is 18.0 Å². The van der Waals surface area contributed by atoms with E-state index in [1.165, 1.54) is 11.3 Å². The number of hydrogen-bond donors (Lipinski definition) is 1. The number of piperidine rings is 1. The SMILES string of the molecule is Cc1nc(N2CCC3(CC2)Cc2ncccc2[C@H]3N)c2ccnn2c1Br. The highest BCUT2D eigenvalue weighted by Gasteiger charge is 2.46. The number of nitrogens with zero attached hydrogens (tertiary/aromatic N) is 5.